The normalized spacial score (nSPS) is 12.2. The Morgan fingerprint density at radius 1 is 0.848 bits per heavy atom. The molecular weight excluding hydrogens is 432 g/mol. The molecule has 5 nitrogen and oxygen atoms in total. The number of aromatic hydroxyl groups is 1. The van der Waals surface area contributed by atoms with Crippen LogP contribution in [0.15, 0.2) is 101 Å². The van der Waals surface area contributed by atoms with Gasteiger partial charge in [-0.25, -0.2) is 0 Å². The molecule has 2 amide bonds. The highest BCUT2D eigenvalue weighted by molar-refractivity contribution is 7.99. The molecule has 3 N–H and O–H groups in total. The van der Waals surface area contributed by atoms with Crippen LogP contribution >= 0.6 is 11.8 Å². The van der Waals surface area contributed by atoms with Gasteiger partial charge in [0.05, 0.1) is 11.3 Å². The van der Waals surface area contributed by atoms with E-state index in [4.69, 9.17) is 0 Å². The van der Waals surface area contributed by atoms with Gasteiger partial charge < -0.3 is 15.7 Å². The van der Waals surface area contributed by atoms with E-state index in [-0.39, 0.29) is 17.6 Å². The molecule has 0 bridgehead atoms. The summed E-state index contributed by atoms with van der Waals surface area (Å²) in [6, 6.07) is 27.8. The second kappa shape index (κ2) is 8.84. The quantitative estimate of drug-likeness (QED) is 0.371. The Kier molecular flexibility index (Phi) is 5.59. The molecule has 162 valence electrons. The van der Waals surface area contributed by atoms with Gasteiger partial charge in [0.15, 0.2) is 0 Å². The van der Waals surface area contributed by atoms with Crippen LogP contribution in [0.5, 0.6) is 5.75 Å². The molecule has 0 spiro atoms. The van der Waals surface area contributed by atoms with E-state index in [0.29, 0.717) is 23.4 Å². The number of fused-ring (bicyclic) bond motifs is 2. The number of anilines is 1. The molecule has 0 unspecified atom stereocenters. The van der Waals surface area contributed by atoms with Crippen molar-refractivity contribution in [3.8, 4) is 16.9 Å². The maximum Gasteiger partial charge on any atom is 0.256 e. The lowest BCUT2D eigenvalue weighted by Gasteiger charge is -2.10. The molecule has 33 heavy (non-hydrogen) atoms. The standard InChI is InChI=1S/C27H20N2O3S/c30-21-12-9-19(10-13-21)18-7-5-17(6-8-18)16-28-26(31)20-11-14-25-23(15-20)29-27(32)22-3-1-2-4-24(22)33-25/h1-15,30H,16H2,(H,28,31)(H,29,32). The first-order valence-electron chi connectivity index (χ1n) is 10.5. The number of benzene rings is 4. The van der Waals surface area contributed by atoms with Crippen LogP contribution in [-0.2, 0) is 6.54 Å². The van der Waals surface area contributed by atoms with Crippen molar-refractivity contribution in [2.24, 2.45) is 0 Å². The minimum atomic E-state index is -0.207. The summed E-state index contributed by atoms with van der Waals surface area (Å²) in [7, 11) is 0. The van der Waals surface area contributed by atoms with Gasteiger partial charge >= 0.3 is 0 Å². The zero-order valence-corrected chi connectivity index (χ0v) is 18.4. The van der Waals surface area contributed by atoms with Crippen molar-refractivity contribution in [1.29, 1.82) is 0 Å². The fourth-order valence-electron chi connectivity index (χ4n) is 3.66. The van der Waals surface area contributed by atoms with E-state index in [1.165, 1.54) is 11.8 Å². The molecule has 5 rings (SSSR count). The Hall–Kier alpha value is -4.03. The van der Waals surface area contributed by atoms with Crippen molar-refractivity contribution in [3.63, 3.8) is 0 Å². The largest absolute Gasteiger partial charge is 0.508 e. The van der Waals surface area contributed by atoms with Crippen LogP contribution in [-0.4, -0.2) is 16.9 Å². The van der Waals surface area contributed by atoms with Crippen LogP contribution in [0.2, 0.25) is 0 Å². The van der Waals surface area contributed by atoms with Gasteiger partial charge in [-0.1, -0.05) is 60.3 Å². The van der Waals surface area contributed by atoms with Gasteiger partial charge in [-0.15, -0.1) is 0 Å². The van der Waals surface area contributed by atoms with Gasteiger partial charge in [-0.3, -0.25) is 9.59 Å². The number of rotatable bonds is 4. The summed E-state index contributed by atoms with van der Waals surface area (Å²) < 4.78 is 0. The molecule has 1 heterocycles. The van der Waals surface area contributed by atoms with Crippen molar-refractivity contribution in [1.82, 2.24) is 5.32 Å². The van der Waals surface area contributed by atoms with Crippen molar-refractivity contribution in [2.75, 3.05) is 5.32 Å². The van der Waals surface area contributed by atoms with Gasteiger partial charge in [0.2, 0.25) is 0 Å². The number of phenolic OH excluding ortho intramolecular Hbond substituents is 1. The summed E-state index contributed by atoms with van der Waals surface area (Å²) in [6.07, 6.45) is 0. The summed E-state index contributed by atoms with van der Waals surface area (Å²) in [5.74, 6) is -0.150. The van der Waals surface area contributed by atoms with E-state index in [2.05, 4.69) is 10.6 Å². The molecule has 0 aliphatic carbocycles. The van der Waals surface area contributed by atoms with Gasteiger partial charge in [0.1, 0.15) is 5.75 Å². The average molecular weight is 453 g/mol. The smallest absolute Gasteiger partial charge is 0.256 e. The number of phenols is 1. The Morgan fingerprint density at radius 3 is 2.30 bits per heavy atom. The minimum absolute atomic E-state index is 0.178. The highest BCUT2D eigenvalue weighted by atomic mass is 32.2. The zero-order valence-electron chi connectivity index (χ0n) is 17.5. The molecule has 1 aliphatic heterocycles. The third-order valence-electron chi connectivity index (χ3n) is 5.45. The number of carbonyl (C=O) groups is 2. The van der Waals surface area contributed by atoms with Crippen LogP contribution in [0.3, 0.4) is 0 Å². The molecule has 4 aromatic rings. The molecule has 6 heteroatoms. The highest BCUT2D eigenvalue weighted by Gasteiger charge is 2.20. The van der Waals surface area contributed by atoms with Gasteiger partial charge in [-0.2, -0.15) is 0 Å². The van der Waals surface area contributed by atoms with E-state index in [9.17, 15) is 14.7 Å². The van der Waals surface area contributed by atoms with Crippen molar-refractivity contribution in [2.45, 2.75) is 16.3 Å². The maximum absolute atomic E-state index is 12.8. The molecule has 1 aliphatic rings. The zero-order chi connectivity index (χ0) is 22.8. The summed E-state index contributed by atoms with van der Waals surface area (Å²) in [6.45, 7) is 0.387. The molecule has 0 saturated carbocycles. The summed E-state index contributed by atoms with van der Waals surface area (Å²) in [4.78, 5) is 27.1. The topological polar surface area (TPSA) is 78.4 Å². The van der Waals surface area contributed by atoms with Crippen molar-refractivity contribution >= 4 is 29.3 Å². The van der Waals surface area contributed by atoms with Gasteiger partial charge in [0.25, 0.3) is 11.8 Å². The molecule has 0 fully saturated rings. The third-order valence-corrected chi connectivity index (χ3v) is 6.60. The monoisotopic (exact) mass is 452 g/mol. The fourth-order valence-corrected chi connectivity index (χ4v) is 4.67. The molecule has 0 radical (unpaired) electrons. The first-order chi connectivity index (χ1) is 16.1. The predicted octanol–water partition coefficient (Wildman–Crippen LogP) is 5.71. The van der Waals surface area contributed by atoms with Crippen molar-refractivity contribution < 1.29 is 14.7 Å². The first kappa shape index (κ1) is 20.8. The summed E-state index contributed by atoms with van der Waals surface area (Å²) in [5, 5.41) is 15.3. The number of nitrogens with one attached hydrogen (secondary N) is 2. The Bertz CT molecular complexity index is 1350. The maximum atomic E-state index is 12.8. The highest BCUT2D eigenvalue weighted by Crippen LogP contribution is 2.39. The summed E-state index contributed by atoms with van der Waals surface area (Å²) in [5.41, 5.74) is 4.76. The van der Waals surface area contributed by atoms with Gasteiger partial charge in [0, 0.05) is 21.9 Å². The van der Waals surface area contributed by atoms with Crippen LogP contribution in [0.1, 0.15) is 26.3 Å². The van der Waals surface area contributed by atoms with E-state index in [1.807, 2.05) is 60.7 Å². The van der Waals surface area contributed by atoms with Crippen LogP contribution in [0.4, 0.5) is 5.69 Å². The third kappa shape index (κ3) is 4.47. The Balaban J connectivity index is 1.27. The van der Waals surface area contributed by atoms with E-state index >= 15 is 0 Å². The van der Waals surface area contributed by atoms with E-state index in [1.54, 1.807) is 30.3 Å². The lowest BCUT2D eigenvalue weighted by Crippen LogP contribution is -2.23. The minimum Gasteiger partial charge on any atom is -0.508 e. The molecule has 4 aromatic carbocycles. The molecule has 0 saturated heterocycles. The Morgan fingerprint density at radius 2 is 1.55 bits per heavy atom. The van der Waals surface area contributed by atoms with Crippen LogP contribution < -0.4 is 10.6 Å². The lowest BCUT2D eigenvalue weighted by atomic mass is 10.0. The second-order valence-corrected chi connectivity index (χ2v) is 8.77. The predicted molar refractivity (Wildman–Crippen MR) is 130 cm³/mol. The van der Waals surface area contributed by atoms with Crippen molar-refractivity contribution in [3.05, 3.63) is 108 Å². The van der Waals surface area contributed by atoms with Gasteiger partial charge in [-0.05, 0) is 59.2 Å². The number of hydrogen-bond acceptors (Lipinski definition) is 4. The second-order valence-electron chi connectivity index (χ2n) is 7.69. The SMILES string of the molecule is O=C(NCc1ccc(-c2ccc(O)cc2)cc1)c1ccc2c(c1)NC(=O)c1ccccc1S2. The Labute approximate surface area is 195 Å². The van der Waals surface area contributed by atoms with Crippen LogP contribution in [0, 0.1) is 0 Å². The lowest BCUT2D eigenvalue weighted by molar-refractivity contribution is 0.0949. The van der Waals surface area contributed by atoms with E-state index in [0.717, 1.165) is 26.5 Å². The first-order valence-corrected chi connectivity index (χ1v) is 11.3. The molecular formula is C27H20N2O3S. The number of amides is 2. The van der Waals surface area contributed by atoms with Crippen LogP contribution in [0.25, 0.3) is 11.1 Å². The average Bonchev–Trinajstić information content (AvgIpc) is 2.98. The van der Waals surface area contributed by atoms with E-state index < -0.39 is 0 Å². The number of carbonyl (C=O) groups excluding carboxylic acids is 2. The number of hydrogen-bond donors (Lipinski definition) is 3. The molecule has 0 atom stereocenters. The molecule has 0 aromatic heterocycles. The summed E-state index contributed by atoms with van der Waals surface area (Å²) >= 11 is 1.51. The fraction of sp³-hybridized carbons (Fsp3) is 0.0370.